The lowest BCUT2D eigenvalue weighted by Gasteiger charge is -2.39. The van der Waals surface area contributed by atoms with Crippen molar-refractivity contribution < 1.29 is 17.6 Å². The number of nitrogens with zero attached hydrogens (tertiary/aromatic N) is 1. The van der Waals surface area contributed by atoms with Gasteiger partial charge in [0.05, 0.1) is 11.8 Å². The SMILES string of the molecule is CCS(=O)(=O)NC1CCN(C(N)=O)C(c2ccc(F)cc2C)C1. The number of urea groups is 1. The minimum absolute atomic E-state index is 0.00325. The van der Waals surface area contributed by atoms with Gasteiger partial charge >= 0.3 is 6.03 Å². The first-order chi connectivity index (χ1) is 10.7. The van der Waals surface area contributed by atoms with Gasteiger partial charge < -0.3 is 10.6 Å². The molecule has 1 fully saturated rings. The summed E-state index contributed by atoms with van der Waals surface area (Å²) >= 11 is 0. The van der Waals surface area contributed by atoms with Crippen molar-refractivity contribution in [1.82, 2.24) is 9.62 Å². The Morgan fingerprint density at radius 2 is 2.17 bits per heavy atom. The van der Waals surface area contributed by atoms with Crippen LogP contribution in [0.25, 0.3) is 0 Å². The topological polar surface area (TPSA) is 92.5 Å². The van der Waals surface area contributed by atoms with Crippen molar-refractivity contribution in [2.45, 2.75) is 38.8 Å². The van der Waals surface area contributed by atoms with Crippen molar-refractivity contribution in [3.8, 4) is 0 Å². The molecule has 2 rings (SSSR count). The minimum atomic E-state index is -3.32. The fourth-order valence-corrected chi connectivity index (χ4v) is 3.87. The average molecular weight is 343 g/mol. The standard InChI is InChI=1S/C15H22FN3O3S/c1-3-23(21,22)18-12-6-7-19(15(17)20)14(9-12)13-5-4-11(16)8-10(13)2/h4-5,8,12,14,18H,3,6-7,9H2,1-2H3,(H2,17,20). The highest BCUT2D eigenvalue weighted by atomic mass is 32.2. The van der Waals surface area contributed by atoms with Gasteiger partial charge in [0.15, 0.2) is 0 Å². The fourth-order valence-electron chi connectivity index (χ4n) is 2.98. The number of amides is 2. The van der Waals surface area contributed by atoms with Gasteiger partial charge in [0.1, 0.15) is 5.82 Å². The van der Waals surface area contributed by atoms with Gasteiger partial charge in [-0.2, -0.15) is 0 Å². The molecule has 0 saturated carbocycles. The molecule has 6 nitrogen and oxygen atoms in total. The highest BCUT2D eigenvalue weighted by Crippen LogP contribution is 2.33. The van der Waals surface area contributed by atoms with Crippen LogP contribution >= 0.6 is 0 Å². The predicted molar refractivity (Wildman–Crippen MR) is 85.8 cm³/mol. The van der Waals surface area contributed by atoms with Gasteiger partial charge in [-0.05, 0) is 49.9 Å². The first kappa shape index (κ1) is 17.7. The maximum Gasteiger partial charge on any atom is 0.315 e. The monoisotopic (exact) mass is 343 g/mol. The van der Waals surface area contributed by atoms with Gasteiger partial charge in [-0.3, -0.25) is 0 Å². The molecule has 1 saturated heterocycles. The second-order valence-electron chi connectivity index (χ2n) is 5.79. The highest BCUT2D eigenvalue weighted by molar-refractivity contribution is 7.89. The molecule has 1 aromatic carbocycles. The zero-order valence-corrected chi connectivity index (χ0v) is 14.1. The molecule has 3 N–H and O–H groups in total. The highest BCUT2D eigenvalue weighted by Gasteiger charge is 2.33. The number of primary amides is 1. The summed E-state index contributed by atoms with van der Waals surface area (Å²) < 4.78 is 39.5. The van der Waals surface area contributed by atoms with Crippen LogP contribution in [0.3, 0.4) is 0 Å². The van der Waals surface area contributed by atoms with Gasteiger partial charge in [0.2, 0.25) is 10.0 Å². The van der Waals surface area contributed by atoms with E-state index in [9.17, 15) is 17.6 Å². The second kappa shape index (κ2) is 6.84. The summed E-state index contributed by atoms with van der Waals surface area (Å²) in [6, 6.07) is 3.16. The Bertz CT molecular complexity index is 693. The van der Waals surface area contributed by atoms with E-state index in [4.69, 9.17) is 5.73 Å². The summed E-state index contributed by atoms with van der Waals surface area (Å²) in [6.07, 6.45) is 0.910. The Morgan fingerprint density at radius 3 is 2.74 bits per heavy atom. The largest absolute Gasteiger partial charge is 0.351 e. The quantitative estimate of drug-likeness (QED) is 0.871. The lowest BCUT2D eigenvalue weighted by Crippen LogP contribution is -2.50. The summed E-state index contributed by atoms with van der Waals surface area (Å²) in [6.45, 7) is 3.69. The summed E-state index contributed by atoms with van der Waals surface area (Å²) in [5.74, 6) is -0.348. The second-order valence-corrected chi connectivity index (χ2v) is 7.83. The predicted octanol–water partition coefficient (Wildman–Crippen LogP) is 1.66. The molecule has 1 aromatic rings. The van der Waals surface area contributed by atoms with Crippen molar-refractivity contribution in [3.63, 3.8) is 0 Å². The third-order valence-corrected chi connectivity index (χ3v) is 5.66. The lowest BCUT2D eigenvalue weighted by atomic mass is 9.90. The van der Waals surface area contributed by atoms with Crippen LogP contribution in [0.5, 0.6) is 0 Å². The molecule has 2 atom stereocenters. The molecule has 2 amide bonds. The number of benzene rings is 1. The number of piperidine rings is 1. The number of carbonyl (C=O) groups is 1. The van der Waals surface area contributed by atoms with Crippen LogP contribution in [0.4, 0.5) is 9.18 Å². The number of hydrogen-bond acceptors (Lipinski definition) is 3. The van der Waals surface area contributed by atoms with Crippen molar-refractivity contribution in [2.75, 3.05) is 12.3 Å². The molecular formula is C15H22FN3O3S. The minimum Gasteiger partial charge on any atom is -0.351 e. The molecule has 0 bridgehead atoms. The molecular weight excluding hydrogens is 321 g/mol. The molecule has 1 aliphatic rings. The third-order valence-electron chi connectivity index (χ3n) is 4.20. The first-order valence-corrected chi connectivity index (χ1v) is 9.21. The van der Waals surface area contributed by atoms with E-state index < -0.39 is 16.1 Å². The summed E-state index contributed by atoms with van der Waals surface area (Å²) in [5.41, 5.74) is 6.94. The van der Waals surface area contributed by atoms with E-state index in [1.54, 1.807) is 19.9 Å². The van der Waals surface area contributed by atoms with Crippen LogP contribution in [0.1, 0.15) is 36.9 Å². The van der Waals surface area contributed by atoms with Crippen molar-refractivity contribution in [1.29, 1.82) is 0 Å². The Kier molecular flexibility index (Phi) is 5.26. The maximum absolute atomic E-state index is 13.3. The van der Waals surface area contributed by atoms with Crippen LogP contribution in [0.15, 0.2) is 18.2 Å². The van der Waals surface area contributed by atoms with E-state index in [-0.39, 0.29) is 23.7 Å². The molecule has 8 heteroatoms. The zero-order chi connectivity index (χ0) is 17.2. The third kappa shape index (κ3) is 4.20. The van der Waals surface area contributed by atoms with E-state index in [1.165, 1.54) is 17.0 Å². The number of likely N-dealkylation sites (tertiary alicyclic amines) is 1. The maximum atomic E-state index is 13.3. The van der Waals surface area contributed by atoms with Crippen LogP contribution in [0, 0.1) is 12.7 Å². The average Bonchev–Trinajstić information content (AvgIpc) is 2.46. The normalized spacial score (nSPS) is 22.1. The van der Waals surface area contributed by atoms with E-state index in [2.05, 4.69) is 4.72 Å². The van der Waals surface area contributed by atoms with Crippen molar-refractivity contribution >= 4 is 16.1 Å². The molecule has 23 heavy (non-hydrogen) atoms. The van der Waals surface area contributed by atoms with Crippen molar-refractivity contribution in [2.24, 2.45) is 5.73 Å². The number of nitrogens with one attached hydrogen (secondary N) is 1. The molecule has 0 aromatic heterocycles. The van der Waals surface area contributed by atoms with Gasteiger partial charge in [-0.1, -0.05) is 6.07 Å². The first-order valence-electron chi connectivity index (χ1n) is 7.55. The van der Waals surface area contributed by atoms with Gasteiger partial charge in [0.25, 0.3) is 0 Å². The van der Waals surface area contributed by atoms with Gasteiger partial charge in [0, 0.05) is 12.6 Å². The Hall–Kier alpha value is -1.67. The molecule has 0 aliphatic carbocycles. The Labute approximate surface area is 135 Å². The lowest BCUT2D eigenvalue weighted by molar-refractivity contribution is 0.148. The number of sulfonamides is 1. The van der Waals surface area contributed by atoms with Crippen LogP contribution in [-0.4, -0.2) is 37.7 Å². The molecule has 128 valence electrons. The zero-order valence-electron chi connectivity index (χ0n) is 13.3. The molecule has 1 aliphatic heterocycles. The fraction of sp³-hybridized carbons (Fsp3) is 0.533. The summed E-state index contributed by atoms with van der Waals surface area (Å²) in [7, 11) is -3.32. The van der Waals surface area contributed by atoms with E-state index in [0.717, 1.165) is 5.56 Å². The van der Waals surface area contributed by atoms with E-state index >= 15 is 0 Å². The van der Waals surface area contributed by atoms with E-state index in [1.807, 2.05) is 0 Å². The number of carbonyl (C=O) groups excluding carboxylic acids is 1. The molecule has 0 spiro atoms. The van der Waals surface area contributed by atoms with Crippen molar-refractivity contribution in [3.05, 3.63) is 35.1 Å². The number of aryl methyl sites for hydroxylation is 1. The smallest absolute Gasteiger partial charge is 0.315 e. The molecule has 1 heterocycles. The molecule has 2 unspecified atom stereocenters. The van der Waals surface area contributed by atoms with E-state index in [0.29, 0.717) is 24.9 Å². The molecule has 0 radical (unpaired) electrons. The van der Waals surface area contributed by atoms with Crippen LogP contribution in [-0.2, 0) is 10.0 Å². The number of halogens is 1. The Morgan fingerprint density at radius 1 is 1.48 bits per heavy atom. The summed E-state index contributed by atoms with van der Waals surface area (Å²) in [4.78, 5) is 13.2. The van der Waals surface area contributed by atoms with Crippen LogP contribution in [0.2, 0.25) is 0 Å². The van der Waals surface area contributed by atoms with Gasteiger partial charge in [-0.25, -0.2) is 22.3 Å². The number of rotatable bonds is 4. The number of hydrogen-bond donors (Lipinski definition) is 2. The number of nitrogens with two attached hydrogens (primary N) is 1. The Balaban J connectivity index is 2.29. The van der Waals surface area contributed by atoms with Gasteiger partial charge in [-0.15, -0.1) is 0 Å². The summed E-state index contributed by atoms with van der Waals surface area (Å²) in [5, 5.41) is 0. The van der Waals surface area contributed by atoms with Crippen LogP contribution < -0.4 is 10.5 Å².